The number of benzene rings is 1. The van der Waals surface area contributed by atoms with Crippen LogP contribution in [0.5, 0.6) is 5.75 Å². The predicted molar refractivity (Wildman–Crippen MR) is 88.2 cm³/mol. The molecule has 3 aromatic rings. The molecule has 114 valence electrons. The molecule has 2 N–H and O–H groups in total. The van der Waals surface area contributed by atoms with Gasteiger partial charge in [-0.25, -0.2) is 0 Å². The number of H-pyrrole nitrogens is 1. The number of aryl methyl sites for hydroxylation is 1. The molecule has 5 heteroatoms. The summed E-state index contributed by atoms with van der Waals surface area (Å²) in [5.74, 6) is 0.0828. The van der Waals surface area contributed by atoms with Crippen LogP contribution in [0.1, 0.15) is 18.2 Å². The quantitative estimate of drug-likeness (QED) is 0.697. The van der Waals surface area contributed by atoms with Crippen molar-refractivity contribution in [1.82, 2.24) is 4.98 Å². The first-order valence-corrected chi connectivity index (χ1v) is 8.09. The summed E-state index contributed by atoms with van der Waals surface area (Å²) in [7, 11) is 0. The minimum Gasteiger partial charge on any atom is -0.508 e. The number of aromatic hydroxyl groups is 1. The molecule has 22 heavy (non-hydrogen) atoms. The van der Waals surface area contributed by atoms with Crippen LogP contribution >= 0.6 is 11.3 Å². The van der Waals surface area contributed by atoms with Gasteiger partial charge in [-0.3, -0.25) is 4.79 Å². The van der Waals surface area contributed by atoms with E-state index in [1.165, 1.54) is 4.88 Å². The van der Waals surface area contributed by atoms with E-state index in [0.29, 0.717) is 19.4 Å². The van der Waals surface area contributed by atoms with Crippen molar-refractivity contribution in [2.24, 2.45) is 0 Å². The number of ether oxygens (including phenoxy) is 1. The molecule has 0 aliphatic rings. The SMILES string of the molecule is CCOC(=O)CCc1sccc1-c1c[nH]c2cc(O)ccc12. The van der Waals surface area contributed by atoms with Crippen molar-refractivity contribution >= 4 is 28.2 Å². The molecule has 0 spiro atoms. The van der Waals surface area contributed by atoms with Crippen molar-refractivity contribution in [3.8, 4) is 16.9 Å². The highest BCUT2D eigenvalue weighted by Crippen LogP contribution is 2.35. The summed E-state index contributed by atoms with van der Waals surface area (Å²) in [6.45, 7) is 2.23. The molecule has 1 aromatic carbocycles. The fourth-order valence-corrected chi connectivity index (χ4v) is 3.45. The first-order valence-electron chi connectivity index (χ1n) is 7.21. The summed E-state index contributed by atoms with van der Waals surface area (Å²) in [6.07, 6.45) is 3.01. The summed E-state index contributed by atoms with van der Waals surface area (Å²) < 4.78 is 4.99. The van der Waals surface area contributed by atoms with Crippen LogP contribution in [0.25, 0.3) is 22.0 Å². The van der Waals surface area contributed by atoms with Gasteiger partial charge < -0.3 is 14.8 Å². The van der Waals surface area contributed by atoms with Crippen LogP contribution in [0, 0.1) is 0 Å². The summed E-state index contributed by atoms with van der Waals surface area (Å²) in [6, 6.07) is 7.37. The lowest BCUT2D eigenvalue weighted by molar-refractivity contribution is -0.143. The molecule has 4 nitrogen and oxygen atoms in total. The van der Waals surface area contributed by atoms with Crippen LogP contribution in [0.3, 0.4) is 0 Å². The van der Waals surface area contributed by atoms with Crippen molar-refractivity contribution < 1.29 is 14.6 Å². The zero-order chi connectivity index (χ0) is 15.5. The summed E-state index contributed by atoms with van der Waals surface area (Å²) in [5.41, 5.74) is 3.12. The average Bonchev–Trinajstić information content (AvgIpc) is 3.10. The Hall–Kier alpha value is -2.27. The Labute approximate surface area is 132 Å². The van der Waals surface area contributed by atoms with Crippen LogP contribution < -0.4 is 0 Å². The molecule has 0 radical (unpaired) electrons. The van der Waals surface area contributed by atoms with E-state index in [4.69, 9.17) is 4.74 Å². The predicted octanol–water partition coefficient (Wildman–Crippen LogP) is 4.10. The Morgan fingerprint density at radius 1 is 1.32 bits per heavy atom. The number of hydrogen-bond donors (Lipinski definition) is 2. The number of esters is 1. The maximum atomic E-state index is 11.5. The van der Waals surface area contributed by atoms with Crippen molar-refractivity contribution in [3.05, 3.63) is 40.7 Å². The molecule has 0 saturated carbocycles. The van der Waals surface area contributed by atoms with Crippen molar-refractivity contribution in [1.29, 1.82) is 0 Å². The molecule has 3 rings (SSSR count). The van der Waals surface area contributed by atoms with E-state index in [0.717, 1.165) is 22.0 Å². The Bertz CT molecular complexity index is 803. The number of phenolic OH excluding ortho intramolecular Hbond substituents is 1. The molecule has 0 fully saturated rings. The van der Waals surface area contributed by atoms with Gasteiger partial charge in [-0.1, -0.05) is 0 Å². The third kappa shape index (κ3) is 2.85. The molecule has 0 saturated heterocycles. The van der Waals surface area contributed by atoms with E-state index in [-0.39, 0.29) is 11.7 Å². The standard InChI is InChI=1S/C17H17NO3S/c1-2-21-17(20)6-5-16-13(7-8-22-16)14-10-18-15-9-11(19)3-4-12(14)15/h3-4,7-10,18-19H,2,5-6H2,1H3. The van der Waals surface area contributed by atoms with Gasteiger partial charge in [0.05, 0.1) is 13.0 Å². The number of nitrogens with one attached hydrogen (secondary N) is 1. The van der Waals surface area contributed by atoms with Crippen LogP contribution in [-0.4, -0.2) is 22.7 Å². The normalized spacial score (nSPS) is 11.0. The van der Waals surface area contributed by atoms with E-state index < -0.39 is 0 Å². The Morgan fingerprint density at radius 3 is 3.00 bits per heavy atom. The second-order valence-electron chi connectivity index (χ2n) is 4.99. The molecule has 0 atom stereocenters. The molecule has 0 aliphatic carbocycles. The Kier molecular flexibility index (Phi) is 4.15. The zero-order valence-corrected chi connectivity index (χ0v) is 13.1. The number of carbonyl (C=O) groups excluding carboxylic acids is 1. The lowest BCUT2D eigenvalue weighted by atomic mass is 10.0. The Morgan fingerprint density at radius 2 is 2.18 bits per heavy atom. The third-order valence-electron chi connectivity index (χ3n) is 3.56. The molecule has 0 aliphatic heterocycles. The number of aromatic amines is 1. The first kappa shape index (κ1) is 14.7. The lowest BCUT2D eigenvalue weighted by Gasteiger charge is -2.04. The van der Waals surface area contributed by atoms with Crippen LogP contribution in [0.2, 0.25) is 0 Å². The van der Waals surface area contributed by atoms with E-state index >= 15 is 0 Å². The topological polar surface area (TPSA) is 62.3 Å². The molecule has 2 aromatic heterocycles. The number of rotatable bonds is 5. The van der Waals surface area contributed by atoms with Gasteiger partial charge in [0.15, 0.2) is 0 Å². The number of aromatic nitrogens is 1. The van der Waals surface area contributed by atoms with E-state index in [1.807, 2.05) is 24.6 Å². The van der Waals surface area contributed by atoms with Crippen molar-refractivity contribution in [3.63, 3.8) is 0 Å². The number of thiophene rings is 1. The van der Waals surface area contributed by atoms with E-state index in [2.05, 4.69) is 11.1 Å². The molecular weight excluding hydrogens is 298 g/mol. The number of carbonyl (C=O) groups is 1. The summed E-state index contributed by atoms with van der Waals surface area (Å²) in [4.78, 5) is 15.9. The highest BCUT2D eigenvalue weighted by atomic mass is 32.1. The van der Waals surface area contributed by atoms with Gasteiger partial charge in [0, 0.05) is 33.6 Å². The van der Waals surface area contributed by atoms with Gasteiger partial charge in [-0.2, -0.15) is 0 Å². The highest BCUT2D eigenvalue weighted by Gasteiger charge is 2.13. The third-order valence-corrected chi connectivity index (χ3v) is 4.54. The number of fused-ring (bicyclic) bond motifs is 1. The van der Waals surface area contributed by atoms with Gasteiger partial charge in [-0.05, 0) is 42.5 Å². The summed E-state index contributed by atoms with van der Waals surface area (Å²) in [5, 5.41) is 12.7. The molecular formula is C17H17NO3S. The molecule has 0 unspecified atom stereocenters. The Balaban J connectivity index is 1.88. The van der Waals surface area contributed by atoms with Crippen molar-refractivity contribution in [2.75, 3.05) is 6.61 Å². The lowest BCUT2D eigenvalue weighted by Crippen LogP contribution is -2.04. The summed E-state index contributed by atoms with van der Waals surface area (Å²) >= 11 is 1.65. The average molecular weight is 315 g/mol. The van der Waals surface area contributed by atoms with Gasteiger partial charge >= 0.3 is 5.97 Å². The monoisotopic (exact) mass is 315 g/mol. The van der Waals surface area contributed by atoms with Crippen LogP contribution in [-0.2, 0) is 16.0 Å². The minimum atomic E-state index is -0.161. The second kappa shape index (κ2) is 6.23. The largest absolute Gasteiger partial charge is 0.508 e. The minimum absolute atomic E-state index is 0.161. The van der Waals surface area contributed by atoms with E-state index in [1.54, 1.807) is 23.5 Å². The smallest absolute Gasteiger partial charge is 0.306 e. The fraction of sp³-hybridized carbons (Fsp3) is 0.235. The maximum Gasteiger partial charge on any atom is 0.306 e. The first-order chi connectivity index (χ1) is 10.7. The van der Waals surface area contributed by atoms with Gasteiger partial charge in [0.2, 0.25) is 0 Å². The second-order valence-corrected chi connectivity index (χ2v) is 6.00. The number of phenols is 1. The maximum absolute atomic E-state index is 11.5. The number of hydrogen-bond acceptors (Lipinski definition) is 4. The van der Waals surface area contributed by atoms with Crippen LogP contribution in [0.15, 0.2) is 35.8 Å². The van der Waals surface area contributed by atoms with Crippen molar-refractivity contribution in [2.45, 2.75) is 19.8 Å². The highest BCUT2D eigenvalue weighted by molar-refractivity contribution is 7.10. The van der Waals surface area contributed by atoms with Gasteiger partial charge in [-0.15, -0.1) is 11.3 Å². The molecule has 0 amide bonds. The zero-order valence-electron chi connectivity index (χ0n) is 12.3. The molecule has 2 heterocycles. The van der Waals surface area contributed by atoms with Gasteiger partial charge in [0.25, 0.3) is 0 Å². The van der Waals surface area contributed by atoms with Crippen LogP contribution in [0.4, 0.5) is 0 Å². The van der Waals surface area contributed by atoms with Gasteiger partial charge in [0.1, 0.15) is 5.75 Å². The molecule has 0 bridgehead atoms. The fourth-order valence-electron chi connectivity index (χ4n) is 2.56. The van der Waals surface area contributed by atoms with E-state index in [9.17, 15) is 9.90 Å².